The highest BCUT2D eigenvalue weighted by atomic mass is 19.4. The van der Waals surface area contributed by atoms with E-state index < -0.39 is 11.7 Å². The highest BCUT2D eigenvalue weighted by Crippen LogP contribution is 2.34. The fourth-order valence-corrected chi connectivity index (χ4v) is 2.95. The van der Waals surface area contributed by atoms with E-state index in [0.29, 0.717) is 23.8 Å². The van der Waals surface area contributed by atoms with Gasteiger partial charge in [0.25, 0.3) is 0 Å². The summed E-state index contributed by atoms with van der Waals surface area (Å²) in [6.07, 6.45) is -0.369. The van der Waals surface area contributed by atoms with Gasteiger partial charge in [0, 0.05) is 6.04 Å². The molecule has 2 N–H and O–H groups in total. The molecule has 1 nitrogen and oxygen atoms in total. The molecule has 106 valence electrons. The van der Waals surface area contributed by atoms with Crippen molar-refractivity contribution in [3.63, 3.8) is 0 Å². The molecule has 1 aliphatic carbocycles. The first kappa shape index (κ1) is 14.4. The lowest BCUT2D eigenvalue weighted by Gasteiger charge is -2.19. The van der Waals surface area contributed by atoms with Crippen molar-refractivity contribution in [2.45, 2.75) is 44.8 Å². The van der Waals surface area contributed by atoms with E-state index in [0.717, 1.165) is 18.9 Å². The first-order chi connectivity index (χ1) is 8.86. The molecular formula is C15H20F3N. The summed E-state index contributed by atoms with van der Waals surface area (Å²) in [5, 5.41) is 0. The van der Waals surface area contributed by atoms with Gasteiger partial charge >= 0.3 is 6.18 Å². The van der Waals surface area contributed by atoms with E-state index in [9.17, 15) is 13.2 Å². The molecule has 2 rings (SSSR count). The Morgan fingerprint density at radius 3 is 2.63 bits per heavy atom. The molecule has 1 aromatic rings. The maximum Gasteiger partial charge on any atom is 0.416 e. The first-order valence-electron chi connectivity index (χ1n) is 6.78. The summed E-state index contributed by atoms with van der Waals surface area (Å²) in [6.45, 7) is 2.21. The molecule has 4 heteroatoms. The van der Waals surface area contributed by atoms with Crippen LogP contribution in [0.5, 0.6) is 0 Å². The summed E-state index contributed by atoms with van der Waals surface area (Å²) < 4.78 is 37.9. The number of hydrogen-bond donors (Lipinski definition) is 1. The topological polar surface area (TPSA) is 26.0 Å². The lowest BCUT2D eigenvalue weighted by molar-refractivity contribution is -0.137. The maximum absolute atomic E-state index is 12.6. The van der Waals surface area contributed by atoms with Gasteiger partial charge in [0.15, 0.2) is 0 Å². The zero-order chi connectivity index (χ0) is 14.0. The van der Waals surface area contributed by atoms with E-state index in [1.165, 1.54) is 18.6 Å². The van der Waals surface area contributed by atoms with Crippen molar-refractivity contribution < 1.29 is 13.2 Å². The highest BCUT2D eigenvalue weighted by Gasteiger charge is 2.31. The van der Waals surface area contributed by atoms with Gasteiger partial charge in [-0.1, -0.05) is 31.5 Å². The average Bonchev–Trinajstić information content (AvgIpc) is 2.75. The Morgan fingerprint density at radius 2 is 2.05 bits per heavy atom. The Bertz CT molecular complexity index is 428. The number of halogens is 3. The maximum atomic E-state index is 12.6. The second-order valence-corrected chi connectivity index (χ2v) is 5.74. The second-order valence-electron chi connectivity index (χ2n) is 5.74. The van der Waals surface area contributed by atoms with Gasteiger partial charge in [0.1, 0.15) is 0 Å². The fraction of sp³-hybridized carbons (Fsp3) is 0.600. The van der Waals surface area contributed by atoms with E-state index in [2.05, 4.69) is 6.92 Å². The molecule has 0 saturated heterocycles. The third-order valence-electron chi connectivity index (χ3n) is 4.07. The van der Waals surface area contributed by atoms with Gasteiger partial charge in [0.2, 0.25) is 0 Å². The van der Waals surface area contributed by atoms with Crippen LogP contribution in [-0.2, 0) is 12.6 Å². The van der Waals surface area contributed by atoms with Crippen molar-refractivity contribution in [3.05, 3.63) is 35.4 Å². The molecule has 0 radical (unpaired) electrons. The molecule has 0 aliphatic heterocycles. The molecule has 3 atom stereocenters. The number of hydrogen-bond acceptors (Lipinski definition) is 1. The summed E-state index contributed by atoms with van der Waals surface area (Å²) in [6, 6.07) is 5.48. The normalized spacial score (nSPS) is 25.5. The molecule has 1 saturated carbocycles. The van der Waals surface area contributed by atoms with Gasteiger partial charge in [0.05, 0.1) is 5.56 Å². The Morgan fingerprint density at radius 1 is 1.32 bits per heavy atom. The third-order valence-corrected chi connectivity index (χ3v) is 4.07. The highest BCUT2D eigenvalue weighted by molar-refractivity contribution is 5.26. The van der Waals surface area contributed by atoms with Gasteiger partial charge in [-0.05, 0) is 42.7 Å². The van der Waals surface area contributed by atoms with Crippen LogP contribution >= 0.6 is 0 Å². The van der Waals surface area contributed by atoms with Crippen LogP contribution in [0.25, 0.3) is 0 Å². The van der Waals surface area contributed by atoms with Crippen LogP contribution in [0.2, 0.25) is 0 Å². The lowest BCUT2D eigenvalue weighted by Crippen LogP contribution is -2.31. The van der Waals surface area contributed by atoms with Crippen LogP contribution < -0.4 is 5.73 Å². The standard InChI is InChI=1S/C15H20F3N/c1-10-5-6-12(7-10)14(19)9-11-3-2-4-13(8-11)15(16,17)18/h2-4,8,10,12,14H,5-7,9,19H2,1H3. The quantitative estimate of drug-likeness (QED) is 0.883. The second kappa shape index (κ2) is 5.53. The van der Waals surface area contributed by atoms with Crippen LogP contribution in [0, 0.1) is 11.8 Å². The zero-order valence-electron chi connectivity index (χ0n) is 11.1. The smallest absolute Gasteiger partial charge is 0.327 e. The van der Waals surface area contributed by atoms with Gasteiger partial charge in [-0.3, -0.25) is 0 Å². The predicted octanol–water partition coefficient (Wildman–Crippen LogP) is 4.01. The average molecular weight is 271 g/mol. The van der Waals surface area contributed by atoms with E-state index in [1.807, 2.05) is 0 Å². The minimum atomic E-state index is -4.28. The Balaban J connectivity index is 2.03. The van der Waals surface area contributed by atoms with Gasteiger partial charge < -0.3 is 5.73 Å². The fourth-order valence-electron chi connectivity index (χ4n) is 2.95. The predicted molar refractivity (Wildman–Crippen MR) is 69.6 cm³/mol. The van der Waals surface area contributed by atoms with Crippen LogP contribution in [0.15, 0.2) is 24.3 Å². The largest absolute Gasteiger partial charge is 0.416 e. The SMILES string of the molecule is CC1CCC(C(N)Cc2cccc(C(F)(F)F)c2)C1. The van der Waals surface area contributed by atoms with Crippen LogP contribution in [0.3, 0.4) is 0 Å². The number of rotatable bonds is 3. The molecule has 19 heavy (non-hydrogen) atoms. The molecule has 0 spiro atoms. The van der Waals surface area contributed by atoms with Crippen molar-refractivity contribution in [1.29, 1.82) is 0 Å². The molecule has 0 bridgehead atoms. The number of alkyl halides is 3. The van der Waals surface area contributed by atoms with Crippen molar-refractivity contribution >= 4 is 0 Å². The van der Waals surface area contributed by atoms with Crippen LogP contribution in [-0.4, -0.2) is 6.04 Å². The molecule has 1 aromatic carbocycles. The molecule has 1 fully saturated rings. The summed E-state index contributed by atoms with van der Waals surface area (Å²) in [5.74, 6) is 1.14. The van der Waals surface area contributed by atoms with E-state index in [-0.39, 0.29) is 6.04 Å². The summed E-state index contributed by atoms with van der Waals surface area (Å²) in [4.78, 5) is 0. The Hall–Kier alpha value is -1.03. The summed E-state index contributed by atoms with van der Waals surface area (Å²) >= 11 is 0. The molecular weight excluding hydrogens is 251 g/mol. The molecule has 0 heterocycles. The van der Waals surface area contributed by atoms with Gasteiger partial charge in [-0.15, -0.1) is 0 Å². The zero-order valence-corrected chi connectivity index (χ0v) is 11.1. The third kappa shape index (κ3) is 3.72. The molecule has 0 aromatic heterocycles. The minimum Gasteiger partial charge on any atom is -0.327 e. The Labute approximate surface area is 112 Å². The van der Waals surface area contributed by atoms with Crippen LogP contribution in [0.4, 0.5) is 13.2 Å². The lowest BCUT2D eigenvalue weighted by atomic mass is 9.92. The summed E-state index contributed by atoms with van der Waals surface area (Å²) in [7, 11) is 0. The van der Waals surface area contributed by atoms with E-state index in [1.54, 1.807) is 6.07 Å². The summed E-state index contributed by atoms with van der Waals surface area (Å²) in [5.41, 5.74) is 6.25. The Kier molecular flexibility index (Phi) is 4.19. The van der Waals surface area contributed by atoms with Crippen molar-refractivity contribution in [1.82, 2.24) is 0 Å². The first-order valence-corrected chi connectivity index (χ1v) is 6.78. The van der Waals surface area contributed by atoms with Gasteiger partial charge in [-0.25, -0.2) is 0 Å². The van der Waals surface area contributed by atoms with E-state index in [4.69, 9.17) is 5.73 Å². The molecule has 1 aliphatic rings. The number of benzene rings is 1. The van der Waals surface area contributed by atoms with E-state index >= 15 is 0 Å². The number of nitrogens with two attached hydrogens (primary N) is 1. The van der Waals surface area contributed by atoms with Crippen molar-refractivity contribution in [2.75, 3.05) is 0 Å². The van der Waals surface area contributed by atoms with Crippen molar-refractivity contribution in [2.24, 2.45) is 17.6 Å². The minimum absolute atomic E-state index is 0.0339. The monoisotopic (exact) mass is 271 g/mol. The molecule has 0 amide bonds. The van der Waals surface area contributed by atoms with Crippen molar-refractivity contribution in [3.8, 4) is 0 Å². The van der Waals surface area contributed by atoms with Crippen LogP contribution in [0.1, 0.15) is 37.3 Å². The molecule has 3 unspecified atom stereocenters. The van der Waals surface area contributed by atoms with Gasteiger partial charge in [-0.2, -0.15) is 13.2 Å².